The van der Waals surface area contributed by atoms with E-state index in [1.165, 1.54) is 12.1 Å². The van der Waals surface area contributed by atoms with Gasteiger partial charge in [0, 0.05) is 17.9 Å². The van der Waals surface area contributed by atoms with Gasteiger partial charge in [-0.2, -0.15) is 0 Å². The van der Waals surface area contributed by atoms with Gasteiger partial charge in [-0.05, 0) is 22.0 Å². The number of carbonyl (C=O) groups is 1. The Hall–Kier alpha value is -0.410. The van der Waals surface area contributed by atoms with E-state index in [9.17, 15) is 9.18 Å². The highest BCUT2D eigenvalue weighted by Gasteiger charge is 2.11. The summed E-state index contributed by atoms with van der Waals surface area (Å²) in [6.45, 7) is 0. The molecule has 1 aromatic rings. The Morgan fingerprint density at radius 3 is 2.85 bits per heavy atom. The first kappa shape index (κ1) is 10.7. The van der Waals surface area contributed by atoms with Crippen molar-refractivity contribution in [3.8, 4) is 0 Å². The first-order valence-electron chi connectivity index (χ1n) is 3.70. The Labute approximate surface area is 89.0 Å². The first-order chi connectivity index (χ1) is 6.16. The average molecular weight is 266 g/mol. The maximum atomic E-state index is 12.9. The standard InChI is InChI=1S/C9H7BrClFO/c10-9-6(8(13)4-5-11)2-1-3-7(9)12/h1-3H,4-5H2. The fourth-order valence-corrected chi connectivity index (χ4v) is 1.60. The predicted octanol–water partition coefficient (Wildman–Crippen LogP) is 3.40. The van der Waals surface area contributed by atoms with Gasteiger partial charge in [0.1, 0.15) is 5.82 Å². The van der Waals surface area contributed by atoms with Gasteiger partial charge in [0.05, 0.1) is 4.47 Å². The number of carbonyl (C=O) groups excluding carboxylic acids is 1. The van der Waals surface area contributed by atoms with E-state index in [0.717, 1.165) is 0 Å². The molecule has 0 radical (unpaired) electrons. The van der Waals surface area contributed by atoms with E-state index in [-0.39, 0.29) is 22.6 Å². The molecule has 0 aliphatic carbocycles. The van der Waals surface area contributed by atoms with Gasteiger partial charge in [-0.25, -0.2) is 4.39 Å². The number of ketones is 1. The Morgan fingerprint density at radius 2 is 2.23 bits per heavy atom. The number of rotatable bonds is 3. The summed E-state index contributed by atoms with van der Waals surface area (Å²) in [5.74, 6) is -0.330. The maximum absolute atomic E-state index is 12.9. The van der Waals surface area contributed by atoms with Crippen molar-refractivity contribution in [2.45, 2.75) is 6.42 Å². The summed E-state index contributed by atoms with van der Waals surface area (Å²) in [7, 11) is 0. The molecule has 13 heavy (non-hydrogen) atoms. The zero-order valence-corrected chi connectivity index (χ0v) is 9.03. The lowest BCUT2D eigenvalue weighted by Crippen LogP contribution is -2.01. The molecule has 1 aromatic carbocycles. The highest BCUT2D eigenvalue weighted by atomic mass is 79.9. The second-order valence-corrected chi connectivity index (χ2v) is 3.63. The number of benzene rings is 1. The van der Waals surface area contributed by atoms with Gasteiger partial charge in [-0.3, -0.25) is 4.79 Å². The summed E-state index contributed by atoms with van der Waals surface area (Å²) in [5, 5.41) is 0. The van der Waals surface area contributed by atoms with Crippen molar-refractivity contribution < 1.29 is 9.18 Å². The third-order valence-corrected chi connectivity index (χ3v) is 2.57. The van der Waals surface area contributed by atoms with E-state index in [2.05, 4.69) is 15.9 Å². The zero-order chi connectivity index (χ0) is 9.84. The molecule has 70 valence electrons. The molecule has 0 bridgehead atoms. The molecule has 0 heterocycles. The molecule has 0 saturated carbocycles. The normalized spacial score (nSPS) is 10.1. The van der Waals surface area contributed by atoms with Gasteiger partial charge in [0.2, 0.25) is 0 Å². The lowest BCUT2D eigenvalue weighted by atomic mass is 10.1. The molecule has 0 amide bonds. The fraction of sp³-hybridized carbons (Fsp3) is 0.222. The Kier molecular flexibility index (Phi) is 3.88. The quantitative estimate of drug-likeness (QED) is 0.605. The van der Waals surface area contributed by atoms with Crippen LogP contribution in [-0.2, 0) is 0 Å². The van der Waals surface area contributed by atoms with Gasteiger partial charge >= 0.3 is 0 Å². The maximum Gasteiger partial charge on any atom is 0.165 e. The van der Waals surface area contributed by atoms with Crippen molar-refractivity contribution in [1.29, 1.82) is 0 Å². The Bertz CT molecular complexity index is 327. The molecule has 0 spiro atoms. The van der Waals surface area contributed by atoms with E-state index >= 15 is 0 Å². The average Bonchev–Trinajstić information content (AvgIpc) is 2.10. The monoisotopic (exact) mass is 264 g/mol. The molecule has 0 saturated heterocycles. The van der Waals surface area contributed by atoms with E-state index in [0.29, 0.717) is 5.56 Å². The van der Waals surface area contributed by atoms with E-state index in [4.69, 9.17) is 11.6 Å². The summed E-state index contributed by atoms with van der Waals surface area (Å²) in [5.41, 5.74) is 0.348. The molecule has 0 aromatic heterocycles. The highest BCUT2D eigenvalue weighted by Crippen LogP contribution is 2.21. The molecule has 0 aliphatic heterocycles. The van der Waals surface area contributed by atoms with Crippen LogP contribution in [0.2, 0.25) is 0 Å². The largest absolute Gasteiger partial charge is 0.294 e. The number of Topliss-reactive ketones (excluding diaryl/α,β-unsaturated/α-hetero) is 1. The number of halogens is 3. The van der Waals surface area contributed by atoms with Crippen molar-refractivity contribution in [2.24, 2.45) is 0 Å². The molecular formula is C9H7BrClFO. The van der Waals surface area contributed by atoms with Crippen molar-refractivity contribution in [3.05, 3.63) is 34.1 Å². The third kappa shape index (κ3) is 2.51. The predicted molar refractivity (Wildman–Crippen MR) is 53.8 cm³/mol. The van der Waals surface area contributed by atoms with Gasteiger partial charge < -0.3 is 0 Å². The lowest BCUT2D eigenvalue weighted by Gasteiger charge is -2.02. The Balaban J connectivity index is 3.01. The van der Waals surface area contributed by atoms with Crippen LogP contribution in [0.5, 0.6) is 0 Å². The molecule has 1 rings (SSSR count). The van der Waals surface area contributed by atoms with Crippen LogP contribution in [0, 0.1) is 5.82 Å². The van der Waals surface area contributed by atoms with Gasteiger partial charge in [0.15, 0.2) is 5.78 Å². The topological polar surface area (TPSA) is 17.1 Å². The van der Waals surface area contributed by atoms with Crippen molar-refractivity contribution in [1.82, 2.24) is 0 Å². The molecule has 4 heteroatoms. The minimum absolute atomic E-state index is 0.152. The summed E-state index contributed by atoms with van der Waals surface area (Å²) < 4.78 is 13.2. The molecule has 0 unspecified atom stereocenters. The van der Waals surface area contributed by atoms with E-state index in [1.54, 1.807) is 6.07 Å². The number of hydrogen-bond donors (Lipinski definition) is 0. The minimum Gasteiger partial charge on any atom is -0.294 e. The van der Waals surface area contributed by atoms with Crippen LogP contribution in [0.25, 0.3) is 0 Å². The number of alkyl halides is 1. The Morgan fingerprint density at radius 1 is 1.54 bits per heavy atom. The van der Waals surface area contributed by atoms with Gasteiger partial charge in [0.25, 0.3) is 0 Å². The SMILES string of the molecule is O=C(CCCl)c1cccc(F)c1Br. The lowest BCUT2D eigenvalue weighted by molar-refractivity contribution is 0.0988. The van der Waals surface area contributed by atoms with Crippen LogP contribution in [0.3, 0.4) is 0 Å². The molecule has 0 fully saturated rings. The summed E-state index contributed by atoms with van der Waals surface area (Å²) in [6.07, 6.45) is 0.226. The molecule has 0 N–H and O–H groups in total. The molecule has 0 aliphatic rings. The van der Waals surface area contributed by atoms with Crippen molar-refractivity contribution >= 4 is 33.3 Å². The third-order valence-electron chi connectivity index (χ3n) is 1.57. The van der Waals surface area contributed by atoms with Gasteiger partial charge in [-0.15, -0.1) is 11.6 Å². The second kappa shape index (κ2) is 4.72. The summed E-state index contributed by atoms with van der Waals surface area (Å²) in [6, 6.07) is 4.37. The van der Waals surface area contributed by atoms with Crippen LogP contribution >= 0.6 is 27.5 Å². The summed E-state index contributed by atoms with van der Waals surface area (Å²) >= 11 is 8.42. The number of hydrogen-bond acceptors (Lipinski definition) is 1. The molecule has 0 atom stereocenters. The molecule has 1 nitrogen and oxygen atoms in total. The second-order valence-electron chi connectivity index (χ2n) is 2.46. The van der Waals surface area contributed by atoms with Crippen LogP contribution in [0.1, 0.15) is 16.8 Å². The molecular weight excluding hydrogens is 258 g/mol. The highest BCUT2D eigenvalue weighted by molar-refractivity contribution is 9.10. The van der Waals surface area contributed by atoms with Crippen molar-refractivity contribution in [3.63, 3.8) is 0 Å². The zero-order valence-electron chi connectivity index (χ0n) is 6.69. The van der Waals surface area contributed by atoms with Gasteiger partial charge in [-0.1, -0.05) is 12.1 Å². The van der Waals surface area contributed by atoms with Crippen LogP contribution in [0.4, 0.5) is 4.39 Å². The van der Waals surface area contributed by atoms with E-state index in [1.807, 2.05) is 0 Å². The van der Waals surface area contributed by atoms with E-state index < -0.39 is 5.82 Å². The summed E-state index contributed by atoms with van der Waals surface area (Å²) in [4.78, 5) is 11.3. The fourth-order valence-electron chi connectivity index (χ4n) is 0.940. The van der Waals surface area contributed by atoms with Crippen molar-refractivity contribution in [2.75, 3.05) is 5.88 Å². The smallest absolute Gasteiger partial charge is 0.165 e. The minimum atomic E-state index is -0.430. The van der Waals surface area contributed by atoms with Crippen LogP contribution in [0.15, 0.2) is 22.7 Å². The van der Waals surface area contributed by atoms with Crippen LogP contribution < -0.4 is 0 Å². The van der Waals surface area contributed by atoms with Crippen LogP contribution in [-0.4, -0.2) is 11.7 Å². The first-order valence-corrected chi connectivity index (χ1v) is 5.02.